The summed E-state index contributed by atoms with van der Waals surface area (Å²) < 4.78 is 38.8. The number of benzene rings is 1. The van der Waals surface area contributed by atoms with Gasteiger partial charge in [0.2, 0.25) is 5.91 Å². The van der Waals surface area contributed by atoms with Gasteiger partial charge in [0.05, 0.1) is 17.9 Å². The van der Waals surface area contributed by atoms with E-state index in [1.165, 1.54) is 18.9 Å². The molecule has 0 radical (unpaired) electrons. The maximum atomic E-state index is 13.9. The van der Waals surface area contributed by atoms with Gasteiger partial charge in [-0.3, -0.25) is 28.9 Å². The zero-order valence-electron chi connectivity index (χ0n) is 22.5. The van der Waals surface area contributed by atoms with E-state index in [0.29, 0.717) is 11.3 Å². The number of halogens is 3. The number of carbonyl (C=O) groups excluding carboxylic acids is 5. The summed E-state index contributed by atoms with van der Waals surface area (Å²) in [5.74, 6) is -11.2. The number of amides is 1. The van der Waals surface area contributed by atoms with E-state index >= 15 is 0 Å². The van der Waals surface area contributed by atoms with Crippen LogP contribution in [-0.2, 0) is 32.1 Å². The number of alkyl halides is 3. The third-order valence-electron chi connectivity index (χ3n) is 8.64. The van der Waals surface area contributed by atoms with Gasteiger partial charge in [0.25, 0.3) is 0 Å². The van der Waals surface area contributed by atoms with Crippen LogP contribution < -0.4 is 10.6 Å². The second-order valence-electron chi connectivity index (χ2n) is 11.5. The van der Waals surface area contributed by atoms with Crippen molar-refractivity contribution in [3.05, 3.63) is 22.8 Å². The average Bonchev–Trinajstić information content (AvgIpc) is 2.81. The minimum atomic E-state index is -4.40. The maximum absolute atomic E-state index is 13.9. The van der Waals surface area contributed by atoms with Crippen LogP contribution in [0.25, 0.3) is 0 Å². The van der Waals surface area contributed by atoms with Crippen molar-refractivity contribution in [1.82, 2.24) is 4.90 Å². The SMILES string of the molecule is CC(CC(F)(F)F)N(C)Cc1cc(N(C)C)c2c(c1O)C(=O)C1C(=O)[C@]3(O)C(=O)C(C(N)=O)C(=O)C[C@@H]3C[C@@H]1C2. The molecule has 6 atom stereocenters. The molecule has 0 aliphatic heterocycles. The monoisotopic (exact) mass is 567 g/mol. The quantitative estimate of drug-likeness (QED) is 0.429. The molecule has 0 spiro atoms. The van der Waals surface area contributed by atoms with Crippen molar-refractivity contribution in [1.29, 1.82) is 0 Å². The van der Waals surface area contributed by atoms with Crippen molar-refractivity contribution in [2.45, 2.75) is 57.0 Å². The van der Waals surface area contributed by atoms with Crippen LogP contribution in [0.3, 0.4) is 0 Å². The van der Waals surface area contributed by atoms with Crippen molar-refractivity contribution in [3.63, 3.8) is 0 Å². The second-order valence-corrected chi connectivity index (χ2v) is 11.5. The normalized spacial score (nSPS) is 29.1. The zero-order chi connectivity index (χ0) is 30.1. The lowest BCUT2D eigenvalue weighted by Crippen LogP contribution is -2.68. The molecule has 40 heavy (non-hydrogen) atoms. The van der Waals surface area contributed by atoms with Crippen molar-refractivity contribution in [2.75, 3.05) is 26.0 Å². The van der Waals surface area contributed by atoms with Gasteiger partial charge in [-0.15, -0.1) is 0 Å². The summed E-state index contributed by atoms with van der Waals surface area (Å²) in [7, 11) is 4.83. The Bertz CT molecular complexity index is 1310. The number of phenolic OH excluding ortho intramolecular Hbond substituents is 1. The third kappa shape index (κ3) is 4.68. The number of hydrogen-bond donors (Lipinski definition) is 3. The lowest BCUT2D eigenvalue weighted by Gasteiger charge is -2.48. The van der Waals surface area contributed by atoms with Crippen LogP contribution in [-0.4, -0.2) is 83.1 Å². The number of anilines is 1. The van der Waals surface area contributed by atoms with E-state index in [0.717, 1.165) is 0 Å². The lowest BCUT2D eigenvalue weighted by molar-refractivity contribution is -0.175. The molecule has 3 unspecified atom stereocenters. The molecule has 13 heteroatoms. The standard InChI is InChI=1S/C27H32F3N3O7/c1-11(9-26(28,29)30)33(4)10-13-7-16(32(2)3)15-6-12-5-14-8-17(34)20(25(31)39)24(38)27(14,40)23(37)18(12)22(36)19(15)21(13)35/h7,11-12,14,18,20,35,40H,5-6,8-10H2,1-4H3,(H2,31,39)/t11?,12-,14+,18?,20?,27+/m1/s1. The summed E-state index contributed by atoms with van der Waals surface area (Å²) in [6, 6.07) is 0.646. The molecule has 1 amide bonds. The first-order valence-electron chi connectivity index (χ1n) is 12.9. The predicted octanol–water partition coefficient (Wildman–Crippen LogP) is 1.17. The van der Waals surface area contributed by atoms with Gasteiger partial charge in [0.15, 0.2) is 34.7 Å². The number of nitrogens with two attached hydrogens (primary N) is 1. The number of primary amides is 1. The molecule has 0 heterocycles. The first kappa shape index (κ1) is 29.7. The molecule has 3 aliphatic carbocycles. The largest absolute Gasteiger partial charge is 0.507 e. The fraction of sp³-hybridized carbons (Fsp3) is 0.593. The topological polar surface area (TPSA) is 158 Å². The highest BCUT2D eigenvalue weighted by atomic mass is 19.4. The molecule has 0 saturated heterocycles. The number of rotatable bonds is 6. The van der Waals surface area contributed by atoms with Crippen molar-refractivity contribution < 1.29 is 47.4 Å². The Kier molecular flexibility index (Phi) is 7.38. The number of ketones is 4. The summed E-state index contributed by atoms with van der Waals surface area (Å²) in [5, 5.41) is 22.5. The highest BCUT2D eigenvalue weighted by Gasteiger charge is 2.66. The molecular weight excluding hydrogens is 535 g/mol. The van der Waals surface area contributed by atoms with Gasteiger partial charge in [-0.05, 0) is 44.4 Å². The lowest BCUT2D eigenvalue weighted by atomic mass is 9.53. The third-order valence-corrected chi connectivity index (χ3v) is 8.64. The Morgan fingerprint density at radius 3 is 2.33 bits per heavy atom. The zero-order valence-corrected chi connectivity index (χ0v) is 22.5. The van der Waals surface area contributed by atoms with Crippen molar-refractivity contribution in [2.24, 2.45) is 29.4 Å². The highest BCUT2D eigenvalue weighted by Crippen LogP contribution is 2.51. The number of fused-ring (bicyclic) bond motifs is 3. The van der Waals surface area contributed by atoms with Gasteiger partial charge in [0.1, 0.15) is 5.75 Å². The number of Topliss-reactive ketones (excluding diaryl/α,β-unsaturated/α-hetero) is 4. The predicted molar refractivity (Wildman–Crippen MR) is 134 cm³/mol. The van der Waals surface area contributed by atoms with Gasteiger partial charge in [-0.2, -0.15) is 13.2 Å². The fourth-order valence-electron chi connectivity index (χ4n) is 6.50. The van der Waals surface area contributed by atoms with E-state index in [1.807, 2.05) is 0 Å². The van der Waals surface area contributed by atoms with Crippen LogP contribution in [0.15, 0.2) is 6.07 Å². The molecule has 1 aromatic rings. The minimum Gasteiger partial charge on any atom is -0.507 e. The molecule has 0 aromatic heterocycles. The van der Waals surface area contributed by atoms with E-state index < -0.39 is 89.1 Å². The average molecular weight is 568 g/mol. The molecule has 2 saturated carbocycles. The molecule has 1 aromatic carbocycles. The number of nitrogens with zero attached hydrogens (tertiary/aromatic N) is 2. The number of hydrogen-bond acceptors (Lipinski definition) is 9. The Morgan fingerprint density at radius 1 is 1.15 bits per heavy atom. The van der Waals surface area contributed by atoms with Crippen LogP contribution in [0.1, 0.15) is 47.7 Å². The Morgan fingerprint density at radius 2 is 1.77 bits per heavy atom. The molecule has 2 fully saturated rings. The molecule has 218 valence electrons. The number of phenols is 1. The second kappa shape index (κ2) is 9.95. The first-order valence-corrected chi connectivity index (χ1v) is 12.9. The Labute approximate surface area is 228 Å². The van der Waals surface area contributed by atoms with E-state index in [-0.39, 0.29) is 30.5 Å². The molecule has 4 N–H and O–H groups in total. The molecule has 3 aliphatic rings. The summed E-state index contributed by atoms with van der Waals surface area (Å²) in [4.78, 5) is 68.0. The molecule has 4 rings (SSSR count). The van der Waals surface area contributed by atoms with Gasteiger partial charge in [0, 0.05) is 50.3 Å². The van der Waals surface area contributed by atoms with E-state index in [1.54, 1.807) is 25.1 Å². The number of aromatic hydroxyl groups is 1. The van der Waals surface area contributed by atoms with Gasteiger partial charge >= 0.3 is 6.18 Å². The maximum Gasteiger partial charge on any atom is 0.390 e. The summed E-state index contributed by atoms with van der Waals surface area (Å²) in [6.45, 7) is 1.24. The van der Waals surface area contributed by atoms with Crippen LogP contribution in [0.5, 0.6) is 5.75 Å². The Balaban J connectivity index is 1.76. The van der Waals surface area contributed by atoms with E-state index in [2.05, 4.69) is 0 Å². The first-order chi connectivity index (χ1) is 18.4. The number of aliphatic hydroxyl groups is 1. The molecular formula is C27H32F3N3O7. The van der Waals surface area contributed by atoms with Gasteiger partial charge in [-0.1, -0.05) is 0 Å². The van der Waals surface area contributed by atoms with E-state index in [9.17, 15) is 47.4 Å². The fourth-order valence-corrected chi connectivity index (χ4v) is 6.50. The summed E-state index contributed by atoms with van der Waals surface area (Å²) in [5.41, 5.74) is 3.35. The smallest absolute Gasteiger partial charge is 0.390 e. The highest BCUT2D eigenvalue weighted by molar-refractivity contribution is 6.31. The minimum absolute atomic E-state index is 0.0336. The molecule has 10 nitrogen and oxygen atoms in total. The molecule has 0 bridgehead atoms. The van der Waals surface area contributed by atoms with E-state index in [4.69, 9.17) is 5.73 Å². The van der Waals surface area contributed by atoms with Gasteiger partial charge in [-0.25, -0.2) is 0 Å². The van der Waals surface area contributed by atoms with Crippen LogP contribution >= 0.6 is 0 Å². The number of carbonyl (C=O) groups is 5. The van der Waals surface area contributed by atoms with Crippen molar-refractivity contribution in [3.8, 4) is 5.75 Å². The van der Waals surface area contributed by atoms with Crippen LogP contribution in [0, 0.1) is 23.7 Å². The van der Waals surface area contributed by atoms with Crippen LogP contribution in [0.4, 0.5) is 18.9 Å². The van der Waals surface area contributed by atoms with Crippen LogP contribution in [0.2, 0.25) is 0 Å². The summed E-state index contributed by atoms with van der Waals surface area (Å²) >= 11 is 0. The summed E-state index contributed by atoms with van der Waals surface area (Å²) in [6.07, 6.45) is -5.85. The van der Waals surface area contributed by atoms with Gasteiger partial charge < -0.3 is 20.8 Å². The Hall–Kier alpha value is -3.32. The van der Waals surface area contributed by atoms with Crippen molar-refractivity contribution >= 4 is 34.7 Å².